The Hall–Kier alpha value is 0.290. The standard InChI is InChI=1S/C12H25Cl/c1-7-11(4,5)9-12(6,13)8-10(2)3/h10H,7-9H2,1-6H3. The van der Waals surface area contributed by atoms with Gasteiger partial charge in [0.05, 0.1) is 0 Å². The molecule has 0 aliphatic heterocycles. The molecule has 0 radical (unpaired) electrons. The summed E-state index contributed by atoms with van der Waals surface area (Å²) in [6.07, 6.45) is 3.42. The Labute approximate surface area is 89.1 Å². The smallest absolute Gasteiger partial charge is 0.0426 e. The number of hydrogen-bond donors (Lipinski definition) is 0. The van der Waals surface area contributed by atoms with Crippen molar-refractivity contribution in [3.63, 3.8) is 0 Å². The Morgan fingerprint density at radius 3 is 1.92 bits per heavy atom. The maximum absolute atomic E-state index is 6.49. The molecule has 0 saturated heterocycles. The molecule has 1 unspecified atom stereocenters. The van der Waals surface area contributed by atoms with Gasteiger partial charge in [-0.15, -0.1) is 11.6 Å². The monoisotopic (exact) mass is 204 g/mol. The van der Waals surface area contributed by atoms with Crippen molar-refractivity contribution in [2.45, 2.75) is 65.7 Å². The minimum absolute atomic E-state index is 0.0202. The lowest BCUT2D eigenvalue weighted by atomic mass is 9.78. The topological polar surface area (TPSA) is 0 Å². The van der Waals surface area contributed by atoms with Crippen LogP contribution in [0.3, 0.4) is 0 Å². The molecule has 0 aromatic carbocycles. The van der Waals surface area contributed by atoms with Gasteiger partial charge in [0.25, 0.3) is 0 Å². The van der Waals surface area contributed by atoms with Gasteiger partial charge in [0, 0.05) is 4.87 Å². The van der Waals surface area contributed by atoms with Crippen LogP contribution >= 0.6 is 11.6 Å². The molecule has 0 fully saturated rings. The number of hydrogen-bond acceptors (Lipinski definition) is 0. The van der Waals surface area contributed by atoms with Crippen LogP contribution in [0.1, 0.15) is 60.8 Å². The average molecular weight is 205 g/mol. The van der Waals surface area contributed by atoms with E-state index in [9.17, 15) is 0 Å². The summed E-state index contributed by atoms with van der Waals surface area (Å²) in [5.41, 5.74) is 0.380. The highest BCUT2D eigenvalue weighted by molar-refractivity contribution is 6.23. The first-order valence-electron chi connectivity index (χ1n) is 5.37. The van der Waals surface area contributed by atoms with E-state index >= 15 is 0 Å². The molecular formula is C12H25Cl. The first-order chi connectivity index (χ1) is 5.68. The summed E-state index contributed by atoms with van der Waals surface area (Å²) in [7, 11) is 0. The zero-order valence-electron chi connectivity index (χ0n) is 10.1. The van der Waals surface area contributed by atoms with Gasteiger partial charge in [-0.2, -0.15) is 0 Å². The molecule has 13 heavy (non-hydrogen) atoms. The van der Waals surface area contributed by atoms with E-state index in [0.29, 0.717) is 11.3 Å². The maximum Gasteiger partial charge on any atom is 0.0426 e. The summed E-state index contributed by atoms with van der Waals surface area (Å²) in [4.78, 5) is -0.0202. The Bertz CT molecular complexity index is 145. The molecule has 1 heteroatoms. The molecule has 1 atom stereocenters. The molecule has 0 spiro atoms. The van der Waals surface area contributed by atoms with E-state index in [1.54, 1.807) is 0 Å². The summed E-state index contributed by atoms with van der Waals surface area (Å²) >= 11 is 6.49. The highest BCUT2D eigenvalue weighted by Gasteiger charge is 2.29. The van der Waals surface area contributed by atoms with Crippen molar-refractivity contribution in [2.24, 2.45) is 11.3 Å². The van der Waals surface area contributed by atoms with Crippen LogP contribution in [-0.2, 0) is 0 Å². The second-order valence-electron chi connectivity index (χ2n) is 5.71. The Morgan fingerprint density at radius 2 is 1.62 bits per heavy atom. The van der Waals surface area contributed by atoms with Crippen molar-refractivity contribution in [1.29, 1.82) is 0 Å². The van der Waals surface area contributed by atoms with Crippen LogP contribution in [0.25, 0.3) is 0 Å². The van der Waals surface area contributed by atoms with E-state index in [-0.39, 0.29) is 4.87 Å². The van der Waals surface area contributed by atoms with Gasteiger partial charge in [-0.25, -0.2) is 0 Å². The van der Waals surface area contributed by atoms with Crippen molar-refractivity contribution in [3.05, 3.63) is 0 Å². The van der Waals surface area contributed by atoms with Crippen LogP contribution in [-0.4, -0.2) is 4.87 Å². The summed E-state index contributed by atoms with van der Waals surface area (Å²) in [6, 6.07) is 0. The highest BCUT2D eigenvalue weighted by atomic mass is 35.5. The molecule has 0 heterocycles. The summed E-state index contributed by atoms with van der Waals surface area (Å²) < 4.78 is 0. The third-order valence-corrected chi connectivity index (χ3v) is 2.93. The van der Waals surface area contributed by atoms with Crippen LogP contribution in [0.2, 0.25) is 0 Å². The van der Waals surface area contributed by atoms with Crippen LogP contribution in [0.15, 0.2) is 0 Å². The minimum atomic E-state index is -0.0202. The predicted octanol–water partition coefficient (Wildman–Crippen LogP) is 4.86. The Kier molecular flexibility index (Phi) is 4.79. The third-order valence-electron chi connectivity index (χ3n) is 2.64. The van der Waals surface area contributed by atoms with Crippen molar-refractivity contribution in [2.75, 3.05) is 0 Å². The molecule has 0 saturated carbocycles. The zero-order chi connectivity index (χ0) is 10.7. The van der Waals surface area contributed by atoms with Crippen molar-refractivity contribution < 1.29 is 0 Å². The van der Waals surface area contributed by atoms with Gasteiger partial charge in [0.1, 0.15) is 0 Å². The SMILES string of the molecule is CCC(C)(C)CC(C)(Cl)CC(C)C. The van der Waals surface area contributed by atoms with E-state index in [1.807, 2.05) is 0 Å². The largest absolute Gasteiger partial charge is 0.120 e. The molecule has 0 aromatic rings. The van der Waals surface area contributed by atoms with Gasteiger partial charge in [-0.3, -0.25) is 0 Å². The maximum atomic E-state index is 6.49. The fourth-order valence-corrected chi connectivity index (χ4v) is 2.72. The van der Waals surface area contributed by atoms with E-state index in [0.717, 1.165) is 12.8 Å². The molecule has 0 aromatic heterocycles. The normalized spacial score (nSPS) is 17.5. The molecule has 80 valence electrons. The van der Waals surface area contributed by atoms with Crippen molar-refractivity contribution >= 4 is 11.6 Å². The Morgan fingerprint density at radius 1 is 1.15 bits per heavy atom. The lowest BCUT2D eigenvalue weighted by molar-refractivity contribution is 0.262. The molecule has 0 rings (SSSR count). The fraction of sp³-hybridized carbons (Fsp3) is 1.00. The summed E-state index contributed by atoms with van der Waals surface area (Å²) in [5, 5.41) is 0. The number of rotatable bonds is 5. The first kappa shape index (κ1) is 13.3. The zero-order valence-corrected chi connectivity index (χ0v) is 10.8. The second-order valence-corrected chi connectivity index (χ2v) is 6.62. The first-order valence-corrected chi connectivity index (χ1v) is 5.75. The highest BCUT2D eigenvalue weighted by Crippen LogP contribution is 2.38. The minimum Gasteiger partial charge on any atom is -0.120 e. The lowest BCUT2D eigenvalue weighted by Crippen LogP contribution is -2.27. The number of halogens is 1. The van der Waals surface area contributed by atoms with Gasteiger partial charge in [-0.1, -0.05) is 41.0 Å². The van der Waals surface area contributed by atoms with Crippen LogP contribution in [0, 0.1) is 11.3 Å². The van der Waals surface area contributed by atoms with Gasteiger partial charge in [0.2, 0.25) is 0 Å². The van der Waals surface area contributed by atoms with Crippen molar-refractivity contribution in [1.82, 2.24) is 0 Å². The third kappa shape index (κ3) is 6.37. The van der Waals surface area contributed by atoms with Crippen LogP contribution < -0.4 is 0 Å². The van der Waals surface area contributed by atoms with Crippen molar-refractivity contribution in [3.8, 4) is 0 Å². The quantitative estimate of drug-likeness (QED) is 0.562. The molecule has 0 N–H and O–H groups in total. The van der Waals surface area contributed by atoms with E-state index in [1.165, 1.54) is 6.42 Å². The van der Waals surface area contributed by atoms with Crippen LogP contribution in [0.4, 0.5) is 0 Å². The van der Waals surface area contributed by atoms with E-state index in [4.69, 9.17) is 11.6 Å². The molecule has 0 aliphatic rings. The Balaban J connectivity index is 4.16. The molecule has 0 nitrogen and oxygen atoms in total. The average Bonchev–Trinajstić information content (AvgIpc) is 1.81. The van der Waals surface area contributed by atoms with E-state index in [2.05, 4.69) is 41.5 Å². The number of alkyl halides is 1. The van der Waals surface area contributed by atoms with Gasteiger partial charge in [-0.05, 0) is 31.1 Å². The predicted molar refractivity (Wildman–Crippen MR) is 62.4 cm³/mol. The summed E-state index contributed by atoms with van der Waals surface area (Å²) in [6.45, 7) is 13.5. The second kappa shape index (κ2) is 4.68. The van der Waals surface area contributed by atoms with E-state index < -0.39 is 0 Å². The van der Waals surface area contributed by atoms with Gasteiger partial charge < -0.3 is 0 Å². The molecule has 0 aliphatic carbocycles. The molecule has 0 bridgehead atoms. The fourth-order valence-electron chi connectivity index (χ4n) is 2.05. The van der Waals surface area contributed by atoms with Crippen LogP contribution in [0.5, 0.6) is 0 Å². The lowest BCUT2D eigenvalue weighted by Gasteiger charge is -2.33. The van der Waals surface area contributed by atoms with Gasteiger partial charge in [0.15, 0.2) is 0 Å². The summed E-state index contributed by atoms with van der Waals surface area (Å²) in [5.74, 6) is 0.690. The molecular weight excluding hydrogens is 180 g/mol. The van der Waals surface area contributed by atoms with Gasteiger partial charge >= 0.3 is 0 Å². The molecule has 0 amide bonds.